The number of unbranched alkanes of at least 4 members (excludes halogenated alkanes) is 1. The number of hydrogen-bond donors (Lipinski definition) is 2. The van der Waals surface area contributed by atoms with Crippen molar-refractivity contribution >= 4 is 24.5 Å². The van der Waals surface area contributed by atoms with Gasteiger partial charge in [-0.25, -0.2) is 5.06 Å². The van der Waals surface area contributed by atoms with E-state index in [0.717, 1.165) is 44.8 Å². The second-order valence-electron chi connectivity index (χ2n) is 8.17. The van der Waals surface area contributed by atoms with Gasteiger partial charge in [0.05, 0.1) is 18.5 Å². The third-order valence-electron chi connectivity index (χ3n) is 5.55. The van der Waals surface area contributed by atoms with Crippen molar-refractivity contribution < 1.29 is 24.4 Å². The minimum atomic E-state index is -0.456. The van der Waals surface area contributed by atoms with E-state index in [1.165, 1.54) is 0 Å². The Bertz CT molecular complexity index is 538. The van der Waals surface area contributed by atoms with Crippen LogP contribution in [0.2, 0.25) is 0 Å². The van der Waals surface area contributed by atoms with Crippen molar-refractivity contribution in [3.05, 3.63) is 0 Å². The van der Waals surface area contributed by atoms with Gasteiger partial charge in [0.1, 0.15) is 6.29 Å². The average Bonchev–Trinajstić information content (AvgIpc) is 3.47. The van der Waals surface area contributed by atoms with E-state index in [1.807, 2.05) is 0 Å². The Balaban J connectivity index is 0.000000502. The van der Waals surface area contributed by atoms with Gasteiger partial charge in [0.15, 0.2) is 0 Å². The van der Waals surface area contributed by atoms with Crippen LogP contribution in [0, 0.1) is 17.8 Å². The maximum Gasteiger partial charge on any atom is 0.233 e. The van der Waals surface area contributed by atoms with Crippen molar-refractivity contribution in [2.24, 2.45) is 17.8 Å². The number of likely N-dealkylation sites (tertiary alicyclic amines) is 1. The first-order valence-corrected chi connectivity index (χ1v) is 10.8. The summed E-state index contributed by atoms with van der Waals surface area (Å²) in [4.78, 5) is 46.5. The zero-order chi connectivity index (χ0) is 21.8. The molecule has 166 valence electrons. The van der Waals surface area contributed by atoms with Crippen molar-refractivity contribution in [2.75, 3.05) is 20.1 Å². The lowest BCUT2D eigenvalue weighted by molar-refractivity contribution is -0.157. The van der Waals surface area contributed by atoms with Gasteiger partial charge in [-0.2, -0.15) is 0 Å². The fourth-order valence-electron chi connectivity index (χ4n) is 3.67. The van der Waals surface area contributed by atoms with E-state index in [4.69, 9.17) is 0 Å². The van der Waals surface area contributed by atoms with Gasteiger partial charge in [0.2, 0.25) is 18.2 Å². The van der Waals surface area contributed by atoms with Crippen LogP contribution < -0.4 is 5.32 Å². The molecule has 0 spiro atoms. The Morgan fingerprint density at radius 2 is 1.97 bits per heavy atom. The normalized spacial score (nSPS) is 20.1. The SMILES string of the molecule is CCCCC(C)CC(CN(O)C=O)C(=O)N1CCCC1C=O.CNC(=O)C1CC1. The molecule has 3 amide bonds. The lowest BCUT2D eigenvalue weighted by Gasteiger charge is -2.29. The Hall–Kier alpha value is -1.96. The predicted octanol–water partition coefficient (Wildman–Crippen LogP) is 2.00. The topological polar surface area (TPSA) is 107 Å². The Morgan fingerprint density at radius 1 is 1.28 bits per heavy atom. The van der Waals surface area contributed by atoms with Crippen LogP contribution in [0.5, 0.6) is 0 Å². The number of aldehydes is 1. The van der Waals surface area contributed by atoms with E-state index in [1.54, 1.807) is 11.9 Å². The number of amides is 3. The molecule has 0 bridgehead atoms. The monoisotopic (exact) mass is 411 g/mol. The molecule has 1 saturated heterocycles. The third kappa shape index (κ3) is 8.94. The van der Waals surface area contributed by atoms with Crippen LogP contribution in [-0.2, 0) is 19.2 Å². The Labute approximate surface area is 173 Å². The van der Waals surface area contributed by atoms with Gasteiger partial charge in [-0.15, -0.1) is 0 Å². The summed E-state index contributed by atoms with van der Waals surface area (Å²) in [5, 5.41) is 12.6. The van der Waals surface area contributed by atoms with Crippen LogP contribution in [0.3, 0.4) is 0 Å². The Morgan fingerprint density at radius 3 is 2.45 bits per heavy atom. The lowest BCUT2D eigenvalue weighted by atomic mass is 9.90. The second kappa shape index (κ2) is 13.3. The number of carbonyl (C=O) groups excluding carboxylic acids is 4. The summed E-state index contributed by atoms with van der Waals surface area (Å²) in [7, 11) is 1.68. The summed E-state index contributed by atoms with van der Waals surface area (Å²) in [6.07, 6.45) is 8.68. The molecule has 8 heteroatoms. The van der Waals surface area contributed by atoms with E-state index in [9.17, 15) is 24.4 Å². The van der Waals surface area contributed by atoms with Crippen molar-refractivity contribution in [1.82, 2.24) is 15.3 Å². The highest BCUT2D eigenvalue weighted by atomic mass is 16.5. The number of carbonyl (C=O) groups is 4. The molecule has 8 nitrogen and oxygen atoms in total. The van der Waals surface area contributed by atoms with E-state index >= 15 is 0 Å². The molecule has 3 unspecified atom stereocenters. The summed E-state index contributed by atoms with van der Waals surface area (Å²) in [6.45, 7) is 4.77. The van der Waals surface area contributed by atoms with E-state index < -0.39 is 5.92 Å². The molecule has 2 fully saturated rings. The van der Waals surface area contributed by atoms with Crippen LogP contribution in [0.1, 0.15) is 65.2 Å². The Kier molecular flexibility index (Phi) is 11.5. The first kappa shape index (κ1) is 25.1. The highest BCUT2D eigenvalue weighted by Crippen LogP contribution is 2.28. The lowest BCUT2D eigenvalue weighted by Crippen LogP contribution is -2.44. The minimum Gasteiger partial charge on any atom is -0.359 e. The second-order valence-corrected chi connectivity index (χ2v) is 8.17. The molecule has 3 atom stereocenters. The molecule has 0 aromatic carbocycles. The molecular formula is C21H37N3O5. The van der Waals surface area contributed by atoms with Gasteiger partial charge in [-0.1, -0.05) is 33.1 Å². The van der Waals surface area contributed by atoms with Gasteiger partial charge < -0.3 is 15.0 Å². The average molecular weight is 412 g/mol. The number of hydrogen-bond acceptors (Lipinski definition) is 5. The summed E-state index contributed by atoms with van der Waals surface area (Å²) in [5.74, 6) is 0.331. The molecular weight excluding hydrogens is 374 g/mol. The van der Waals surface area contributed by atoms with Crippen LogP contribution >= 0.6 is 0 Å². The zero-order valence-electron chi connectivity index (χ0n) is 18.0. The van der Waals surface area contributed by atoms with Crippen molar-refractivity contribution in [3.8, 4) is 0 Å². The first-order valence-electron chi connectivity index (χ1n) is 10.8. The largest absolute Gasteiger partial charge is 0.359 e. The van der Waals surface area contributed by atoms with Gasteiger partial charge in [0.25, 0.3) is 0 Å². The van der Waals surface area contributed by atoms with Crippen LogP contribution in [0.4, 0.5) is 0 Å². The molecule has 29 heavy (non-hydrogen) atoms. The molecule has 0 radical (unpaired) electrons. The van der Waals surface area contributed by atoms with Gasteiger partial charge in [-0.3, -0.25) is 19.6 Å². The van der Waals surface area contributed by atoms with Crippen LogP contribution in [0.15, 0.2) is 0 Å². The molecule has 1 aliphatic carbocycles. The van der Waals surface area contributed by atoms with Crippen molar-refractivity contribution in [3.63, 3.8) is 0 Å². The van der Waals surface area contributed by atoms with Crippen molar-refractivity contribution in [1.29, 1.82) is 0 Å². The number of hydroxylamine groups is 2. The number of nitrogens with zero attached hydrogens (tertiary/aromatic N) is 2. The predicted molar refractivity (Wildman–Crippen MR) is 109 cm³/mol. The highest BCUT2D eigenvalue weighted by molar-refractivity contribution is 5.83. The third-order valence-corrected chi connectivity index (χ3v) is 5.55. The van der Waals surface area contributed by atoms with Gasteiger partial charge in [-0.05, 0) is 38.0 Å². The van der Waals surface area contributed by atoms with Crippen LogP contribution in [-0.4, -0.2) is 65.9 Å². The van der Waals surface area contributed by atoms with Crippen LogP contribution in [0.25, 0.3) is 0 Å². The smallest absolute Gasteiger partial charge is 0.233 e. The molecule has 0 aromatic rings. The molecule has 1 heterocycles. The molecule has 2 aliphatic rings. The number of nitrogens with one attached hydrogen (secondary N) is 1. The summed E-state index contributed by atoms with van der Waals surface area (Å²) < 4.78 is 0. The van der Waals surface area contributed by atoms with E-state index in [2.05, 4.69) is 19.2 Å². The number of rotatable bonds is 11. The molecule has 2 N–H and O–H groups in total. The summed E-state index contributed by atoms with van der Waals surface area (Å²) >= 11 is 0. The molecule has 1 saturated carbocycles. The van der Waals surface area contributed by atoms with E-state index in [-0.39, 0.29) is 24.4 Å². The van der Waals surface area contributed by atoms with Gasteiger partial charge >= 0.3 is 0 Å². The van der Waals surface area contributed by atoms with Gasteiger partial charge in [0, 0.05) is 19.5 Å². The van der Waals surface area contributed by atoms with Crippen molar-refractivity contribution in [2.45, 2.75) is 71.3 Å². The quantitative estimate of drug-likeness (QED) is 0.307. The zero-order valence-corrected chi connectivity index (χ0v) is 18.0. The molecule has 1 aliphatic heterocycles. The first-order chi connectivity index (χ1) is 13.9. The fraction of sp³-hybridized carbons (Fsp3) is 0.810. The maximum absolute atomic E-state index is 12.7. The standard InChI is InChI=1S/C16H28N2O4.C5H9NO/c1-3-4-6-13(2)9-14(10-17(22)12-20)16(21)18-8-5-7-15(18)11-19;1-6-5(7)4-2-3-4/h11-15,22H,3-10H2,1-2H3;4H,2-3H2,1H3,(H,6,7). The van der Waals surface area contributed by atoms with E-state index in [0.29, 0.717) is 42.7 Å². The summed E-state index contributed by atoms with van der Waals surface area (Å²) in [6, 6.07) is -0.357. The minimum absolute atomic E-state index is 0.0130. The maximum atomic E-state index is 12.7. The molecule has 2 rings (SSSR count). The summed E-state index contributed by atoms with van der Waals surface area (Å²) in [5.41, 5.74) is 0. The fourth-order valence-corrected chi connectivity index (χ4v) is 3.67. The molecule has 0 aromatic heterocycles. The highest BCUT2D eigenvalue weighted by Gasteiger charge is 2.34.